The van der Waals surface area contributed by atoms with Crippen LogP contribution in [0.1, 0.15) is 6.92 Å². The summed E-state index contributed by atoms with van der Waals surface area (Å²) in [5.74, 6) is -2.64. The number of benzene rings is 1. The highest BCUT2D eigenvalue weighted by molar-refractivity contribution is 9.10. The summed E-state index contributed by atoms with van der Waals surface area (Å²) < 4.78 is 31.2. The molecule has 0 fully saturated rings. The second kappa shape index (κ2) is 7.18. The molecule has 1 rings (SSSR count). The quantitative estimate of drug-likeness (QED) is 0.627. The van der Waals surface area contributed by atoms with E-state index in [0.29, 0.717) is 6.07 Å². The van der Waals surface area contributed by atoms with Gasteiger partial charge in [0.2, 0.25) is 5.91 Å². The summed E-state index contributed by atoms with van der Waals surface area (Å²) in [6.07, 6.45) is 0. The number of methoxy groups -OCH3 is 1. The zero-order chi connectivity index (χ0) is 15.3. The van der Waals surface area contributed by atoms with E-state index in [2.05, 4.69) is 31.3 Å². The largest absolute Gasteiger partial charge is 0.467 e. The lowest BCUT2D eigenvalue weighted by Crippen LogP contribution is -2.45. The molecule has 5 nitrogen and oxygen atoms in total. The third kappa shape index (κ3) is 4.44. The van der Waals surface area contributed by atoms with Crippen molar-refractivity contribution >= 4 is 33.5 Å². The minimum Gasteiger partial charge on any atom is -0.467 e. The van der Waals surface area contributed by atoms with Crippen molar-refractivity contribution in [2.75, 3.05) is 19.0 Å². The first kappa shape index (κ1) is 16.4. The van der Waals surface area contributed by atoms with E-state index in [9.17, 15) is 18.4 Å². The molecule has 0 spiro atoms. The molecule has 8 heteroatoms. The average molecular weight is 351 g/mol. The molecular formula is C12H13BrF2N2O3. The first-order chi connectivity index (χ1) is 9.35. The average Bonchev–Trinajstić information content (AvgIpc) is 2.38. The fourth-order valence-corrected chi connectivity index (χ4v) is 1.79. The Morgan fingerprint density at radius 2 is 2.00 bits per heavy atom. The standard InChI is InChI=1S/C12H13BrF2N2O3/c1-6(18)17-11(12(19)20-2)5-16-10-3-7(13)8(14)4-9(10)15/h3-4,11,16H,5H2,1-2H3,(H,17,18). The van der Waals surface area contributed by atoms with Crippen LogP contribution in [-0.4, -0.2) is 31.6 Å². The summed E-state index contributed by atoms with van der Waals surface area (Å²) in [7, 11) is 1.17. The minimum atomic E-state index is -0.972. The molecule has 0 radical (unpaired) electrons. The third-order valence-corrected chi connectivity index (χ3v) is 2.98. The molecule has 0 bridgehead atoms. The number of carbonyl (C=O) groups excluding carboxylic acids is 2. The summed E-state index contributed by atoms with van der Waals surface area (Å²) in [6, 6.07) is 0.936. The molecule has 0 aliphatic carbocycles. The molecule has 0 saturated heterocycles. The highest BCUT2D eigenvalue weighted by Crippen LogP contribution is 2.23. The Bertz CT molecular complexity index is 526. The zero-order valence-corrected chi connectivity index (χ0v) is 12.4. The van der Waals surface area contributed by atoms with E-state index in [1.54, 1.807) is 0 Å². The number of carbonyl (C=O) groups is 2. The van der Waals surface area contributed by atoms with Crippen LogP contribution in [0.4, 0.5) is 14.5 Å². The van der Waals surface area contributed by atoms with E-state index >= 15 is 0 Å². The fourth-order valence-electron chi connectivity index (χ4n) is 1.45. The van der Waals surface area contributed by atoms with Crippen molar-refractivity contribution in [3.05, 3.63) is 28.2 Å². The van der Waals surface area contributed by atoms with Crippen molar-refractivity contribution in [1.29, 1.82) is 0 Å². The number of anilines is 1. The molecule has 1 aromatic carbocycles. The lowest BCUT2D eigenvalue weighted by Gasteiger charge is -2.17. The number of rotatable bonds is 5. The molecule has 0 aliphatic rings. The van der Waals surface area contributed by atoms with Crippen LogP contribution in [0, 0.1) is 11.6 Å². The molecule has 110 valence electrons. The molecule has 0 heterocycles. The van der Waals surface area contributed by atoms with Gasteiger partial charge in [0.05, 0.1) is 17.3 Å². The normalized spacial score (nSPS) is 11.7. The maximum absolute atomic E-state index is 13.5. The van der Waals surface area contributed by atoms with Crippen LogP contribution in [0.3, 0.4) is 0 Å². The van der Waals surface area contributed by atoms with Crippen molar-refractivity contribution in [2.45, 2.75) is 13.0 Å². The summed E-state index contributed by atoms with van der Waals surface area (Å²) in [4.78, 5) is 22.4. The third-order valence-electron chi connectivity index (χ3n) is 2.37. The Labute approximate surface area is 122 Å². The summed E-state index contributed by atoms with van der Waals surface area (Å²) in [5, 5.41) is 4.98. The van der Waals surface area contributed by atoms with Crippen molar-refractivity contribution < 1.29 is 23.1 Å². The number of ether oxygens (including phenoxy) is 1. The molecule has 20 heavy (non-hydrogen) atoms. The summed E-state index contributed by atoms with van der Waals surface area (Å²) in [6.45, 7) is 1.15. The SMILES string of the molecule is COC(=O)C(CNc1cc(Br)c(F)cc1F)NC(C)=O. The first-order valence-electron chi connectivity index (χ1n) is 5.58. The van der Waals surface area contributed by atoms with Gasteiger partial charge in [0.15, 0.2) is 0 Å². The Morgan fingerprint density at radius 3 is 2.55 bits per heavy atom. The van der Waals surface area contributed by atoms with Gasteiger partial charge in [-0.3, -0.25) is 4.79 Å². The minimum absolute atomic E-state index is 0.00229. The number of nitrogens with one attached hydrogen (secondary N) is 2. The zero-order valence-electron chi connectivity index (χ0n) is 10.8. The lowest BCUT2D eigenvalue weighted by molar-refractivity contribution is -0.144. The molecule has 0 aliphatic heterocycles. The number of esters is 1. The van der Waals surface area contributed by atoms with E-state index in [1.807, 2.05) is 0 Å². The highest BCUT2D eigenvalue weighted by Gasteiger charge is 2.20. The van der Waals surface area contributed by atoms with Crippen LogP contribution >= 0.6 is 15.9 Å². The molecule has 0 saturated carbocycles. The smallest absolute Gasteiger partial charge is 0.330 e. The van der Waals surface area contributed by atoms with Crippen molar-refractivity contribution in [3.63, 3.8) is 0 Å². The van der Waals surface area contributed by atoms with Crippen molar-refractivity contribution in [1.82, 2.24) is 5.32 Å². The number of hydrogen-bond acceptors (Lipinski definition) is 4. The first-order valence-corrected chi connectivity index (χ1v) is 6.37. The topological polar surface area (TPSA) is 67.4 Å². The maximum Gasteiger partial charge on any atom is 0.330 e. The molecule has 1 amide bonds. The lowest BCUT2D eigenvalue weighted by atomic mass is 10.2. The number of hydrogen-bond donors (Lipinski definition) is 2. The predicted octanol–water partition coefficient (Wildman–Crippen LogP) is 1.82. The van der Waals surface area contributed by atoms with Crippen LogP contribution in [0.5, 0.6) is 0 Å². The van der Waals surface area contributed by atoms with Crippen LogP contribution in [0.25, 0.3) is 0 Å². The monoisotopic (exact) mass is 350 g/mol. The molecule has 1 unspecified atom stereocenters. The van der Waals surface area contributed by atoms with Crippen LogP contribution < -0.4 is 10.6 Å². The predicted molar refractivity (Wildman–Crippen MR) is 72.2 cm³/mol. The second-order valence-electron chi connectivity index (χ2n) is 3.90. The summed E-state index contributed by atoms with van der Waals surface area (Å²) in [5.41, 5.74) is -0.00229. The van der Waals surface area contributed by atoms with Gasteiger partial charge < -0.3 is 15.4 Å². The van der Waals surface area contributed by atoms with E-state index in [1.165, 1.54) is 20.1 Å². The van der Waals surface area contributed by atoms with Crippen molar-refractivity contribution in [2.24, 2.45) is 0 Å². The number of halogens is 3. The van der Waals surface area contributed by atoms with Gasteiger partial charge in [-0.1, -0.05) is 0 Å². The van der Waals surface area contributed by atoms with Crippen LogP contribution in [-0.2, 0) is 14.3 Å². The summed E-state index contributed by atoms with van der Waals surface area (Å²) >= 11 is 2.93. The van der Waals surface area contributed by atoms with Gasteiger partial charge in [-0.15, -0.1) is 0 Å². The maximum atomic E-state index is 13.5. The van der Waals surface area contributed by atoms with Gasteiger partial charge in [-0.05, 0) is 22.0 Å². The highest BCUT2D eigenvalue weighted by atomic mass is 79.9. The van der Waals surface area contributed by atoms with Gasteiger partial charge >= 0.3 is 5.97 Å². The number of amides is 1. The van der Waals surface area contributed by atoms with Crippen molar-refractivity contribution in [3.8, 4) is 0 Å². The van der Waals surface area contributed by atoms with E-state index in [0.717, 1.165) is 0 Å². The Morgan fingerprint density at radius 1 is 1.35 bits per heavy atom. The van der Waals surface area contributed by atoms with E-state index < -0.39 is 29.6 Å². The molecule has 2 N–H and O–H groups in total. The van der Waals surface area contributed by atoms with E-state index in [-0.39, 0.29) is 16.7 Å². The van der Waals surface area contributed by atoms with Gasteiger partial charge in [0.25, 0.3) is 0 Å². The second-order valence-corrected chi connectivity index (χ2v) is 4.76. The molecule has 0 aromatic heterocycles. The van der Waals surface area contributed by atoms with Crippen LogP contribution in [0.2, 0.25) is 0 Å². The Balaban J connectivity index is 2.79. The van der Waals surface area contributed by atoms with Gasteiger partial charge in [-0.2, -0.15) is 0 Å². The molecule has 1 aromatic rings. The van der Waals surface area contributed by atoms with Crippen LogP contribution in [0.15, 0.2) is 16.6 Å². The van der Waals surface area contributed by atoms with E-state index in [4.69, 9.17) is 0 Å². The fraction of sp³-hybridized carbons (Fsp3) is 0.333. The molecule has 1 atom stereocenters. The van der Waals surface area contributed by atoms with Gasteiger partial charge in [-0.25, -0.2) is 13.6 Å². The Kier molecular flexibility index (Phi) is 5.87. The molecular weight excluding hydrogens is 338 g/mol. The van der Waals surface area contributed by atoms with Gasteiger partial charge in [0, 0.05) is 19.5 Å². The Hall–Kier alpha value is -1.70. The van der Waals surface area contributed by atoms with Gasteiger partial charge in [0.1, 0.15) is 17.7 Å².